The molecular formula is C28H22N2O9. The summed E-state index contributed by atoms with van der Waals surface area (Å²) in [7, 11) is 0. The van der Waals surface area contributed by atoms with Crippen LogP contribution in [0.2, 0.25) is 0 Å². The summed E-state index contributed by atoms with van der Waals surface area (Å²) in [6, 6.07) is 8.24. The van der Waals surface area contributed by atoms with Gasteiger partial charge in [0.2, 0.25) is 11.8 Å². The van der Waals surface area contributed by atoms with Crippen LogP contribution in [0.1, 0.15) is 13.8 Å². The number of rotatable bonds is 10. The van der Waals surface area contributed by atoms with Crippen molar-refractivity contribution in [1.82, 2.24) is 10.2 Å². The van der Waals surface area contributed by atoms with Gasteiger partial charge in [0.05, 0.1) is 0 Å². The van der Waals surface area contributed by atoms with Gasteiger partial charge in [-0.1, -0.05) is 26.3 Å². The maximum absolute atomic E-state index is 12.1. The Morgan fingerprint density at radius 2 is 0.974 bits per heavy atom. The Kier molecular flexibility index (Phi) is 8.69. The summed E-state index contributed by atoms with van der Waals surface area (Å²) in [5.74, 6) is -2.98. The molecule has 0 aliphatic rings. The molecule has 0 spiro atoms. The lowest BCUT2D eigenvalue weighted by molar-refractivity contribution is -0.130. The molecule has 0 atom stereocenters. The van der Waals surface area contributed by atoms with E-state index in [1.807, 2.05) is 0 Å². The molecule has 11 nitrogen and oxygen atoms in total. The summed E-state index contributed by atoms with van der Waals surface area (Å²) in [5.41, 5.74) is 0.753. The molecule has 1 aromatic heterocycles. The lowest BCUT2D eigenvalue weighted by Crippen LogP contribution is -2.10. The molecule has 3 rings (SSSR count). The average Bonchev–Trinajstić information content (AvgIpc) is 3.38. The van der Waals surface area contributed by atoms with E-state index in [4.69, 9.17) is 23.4 Å². The SMILES string of the molecule is C=CC(=O)Oc1cc(OC(=O)C=C)cc(-c2nnc(-c3cc(OC(=O)C(=C)C)cc(OC(=O)C(=C)C)c3)o2)c1. The minimum atomic E-state index is -0.752. The van der Waals surface area contributed by atoms with Crippen LogP contribution in [-0.4, -0.2) is 34.1 Å². The lowest BCUT2D eigenvalue weighted by atomic mass is 10.2. The minimum absolute atomic E-state index is 0.00621. The maximum Gasteiger partial charge on any atom is 0.338 e. The first-order valence-corrected chi connectivity index (χ1v) is 11.1. The van der Waals surface area contributed by atoms with E-state index in [9.17, 15) is 19.2 Å². The Bertz CT molecular complexity index is 1440. The van der Waals surface area contributed by atoms with Gasteiger partial charge in [0.25, 0.3) is 0 Å². The molecule has 0 N–H and O–H groups in total. The van der Waals surface area contributed by atoms with Crippen LogP contribution in [0.5, 0.6) is 23.0 Å². The molecule has 0 unspecified atom stereocenters. The van der Waals surface area contributed by atoms with E-state index in [1.165, 1.54) is 50.2 Å². The Hall–Kier alpha value is -5.58. The fourth-order valence-electron chi connectivity index (χ4n) is 2.79. The van der Waals surface area contributed by atoms with Crippen molar-refractivity contribution in [2.45, 2.75) is 13.8 Å². The second-order valence-corrected chi connectivity index (χ2v) is 7.89. The lowest BCUT2D eigenvalue weighted by Gasteiger charge is -2.09. The molecule has 0 saturated carbocycles. The van der Waals surface area contributed by atoms with Crippen molar-refractivity contribution in [3.8, 4) is 45.9 Å². The van der Waals surface area contributed by atoms with Gasteiger partial charge in [-0.3, -0.25) is 0 Å². The summed E-state index contributed by atoms with van der Waals surface area (Å²) in [6.07, 6.45) is 1.91. The molecule has 198 valence electrons. The number of hydrogen-bond donors (Lipinski definition) is 0. The van der Waals surface area contributed by atoms with Crippen molar-refractivity contribution in [3.05, 3.63) is 86.0 Å². The van der Waals surface area contributed by atoms with Crippen LogP contribution in [0.4, 0.5) is 0 Å². The highest BCUT2D eigenvalue weighted by Gasteiger charge is 2.18. The molecule has 3 aromatic rings. The molecule has 0 bridgehead atoms. The maximum atomic E-state index is 12.1. The topological polar surface area (TPSA) is 144 Å². The second kappa shape index (κ2) is 12.1. The number of nitrogens with zero attached hydrogens (tertiary/aromatic N) is 2. The smallest absolute Gasteiger partial charge is 0.338 e. The molecule has 0 fully saturated rings. The molecule has 0 aliphatic carbocycles. The molecule has 0 saturated heterocycles. The number of ether oxygens (including phenoxy) is 4. The number of aromatic nitrogens is 2. The van der Waals surface area contributed by atoms with Gasteiger partial charge >= 0.3 is 23.9 Å². The minimum Gasteiger partial charge on any atom is -0.423 e. The summed E-state index contributed by atoms with van der Waals surface area (Å²) >= 11 is 0. The van der Waals surface area contributed by atoms with E-state index >= 15 is 0 Å². The van der Waals surface area contributed by atoms with Crippen LogP contribution in [0.15, 0.2) is 90.4 Å². The highest BCUT2D eigenvalue weighted by atomic mass is 16.6. The van der Waals surface area contributed by atoms with E-state index in [0.29, 0.717) is 0 Å². The van der Waals surface area contributed by atoms with Gasteiger partial charge in [-0.25, -0.2) is 19.2 Å². The van der Waals surface area contributed by atoms with Crippen molar-refractivity contribution >= 4 is 23.9 Å². The Labute approximate surface area is 222 Å². The molecule has 39 heavy (non-hydrogen) atoms. The van der Waals surface area contributed by atoms with Crippen molar-refractivity contribution in [3.63, 3.8) is 0 Å². The molecule has 0 radical (unpaired) electrons. The highest BCUT2D eigenvalue weighted by Crippen LogP contribution is 2.34. The number of carbonyl (C=O) groups is 4. The van der Waals surface area contributed by atoms with Crippen LogP contribution in [-0.2, 0) is 19.2 Å². The normalized spacial score (nSPS) is 10.1. The van der Waals surface area contributed by atoms with Crippen molar-refractivity contribution in [1.29, 1.82) is 0 Å². The van der Waals surface area contributed by atoms with Gasteiger partial charge in [-0.05, 0) is 38.1 Å². The Balaban J connectivity index is 2.05. The first kappa shape index (κ1) is 28.0. The number of hydrogen-bond acceptors (Lipinski definition) is 11. The molecular weight excluding hydrogens is 508 g/mol. The molecule has 11 heteroatoms. The Morgan fingerprint density at radius 3 is 1.28 bits per heavy atom. The summed E-state index contributed by atoms with van der Waals surface area (Å²) < 4.78 is 26.6. The third-order valence-corrected chi connectivity index (χ3v) is 4.57. The summed E-state index contributed by atoms with van der Waals surface area (Å²) in [5, 5.41) is 8.01. The molecule has 0 aliphatic heterocycles. The standard InChI is InChI=1S/C28H22N2O9/c1-7-23(31)35-19-9-17(10-20(13-19)36-24(32)8-2)25-29-30-26(39-25)18-11-21(37-27(33)15(3)4)14-22(12-18)38-28(34)16(5)6/h7-14H,1-3,5H2,4,6H3. The third-order valence-electron chi connectivity index (χ3n) is 4.57. The van der Waals surface area contributed by atoms with Gasteiger partial charge < -0.3 is 23.4 Å². The predicted octanol–water partition coefficient (Wildman–Crippen LogP) is 4.55. The van der Waals surface area contributed by atoms with Gasteiger partial charge in [0, 0.05) is 46.6 Å². The van der Waals surface area contributed by atoms with E-state index in [2.05, 4.69) is 36.5 Å². The van der Waals surface area contributed by atoms with E-state index < -0.39 is 23.9 Å². The molecule has 1 heterocycles. The average molecular weight is 530 g/mol. The quantitative estimate of drug-likeness (QED) is 0.207. The van der Waals surface area contributed by atoms with E-state index in [-0.39, 0.29) is 57.1 Å². The Morgan fingerprint density at radius 1 is 0.641 bits per heavy atom. The van der Waals surface area contributed by atoms with Crippen LogP contribution < -0.4 is 18.9 Å². The monoisotopic (exact) mass is 530 g/mol. The van der Waals surface area contributed by atoms with Crippen molar-refractivity contribution < 1.29 is 42.5 Å². The largest absolute Gasteiger partial charge is 0.423 e. The van der Waals surface area contributed by atoms with Crippen molar-refractivity contribution in [2.75, 3.05) is 0 Å². The molecule has 0 amide bonds. The zero-order valence-electron chi connectivity index (χ0n) is 21.0. The zero-order chi connectivity index (χ0) is 28.7. The van der Waals surface area contributed by atoms with Gasteiger partial charge in [0.15, 0.2) is 0 Å². The van der Waals surface area contributed by atoms with E-state index in [1.54, 1.807) is 0 Å². The van der Waals surface area contributed by atoms with Crippen LogP contribution in [0, 0.1) is 0 Å². The number of carbonyl (C=O) groups excluding carboxylic acids is 4. The summed E-state index contributed by atoms with van der Waals surface area (Å²) in [4.78, 5) is 47.6. The van der Waals surface area contributed by atoms with Gasteiger partial charge in [-0.2, -0.15) is 0 Å². The fraction of sp³-hybridized carbons (Fsp3) is 0.0714. The number of esters is 4. The summed E-state index contributed by atoms with van der Waals surface area (Å²) in [6.45, 7) is 16.7. The predicted molar refractivity (Wildman–Crippen MR) is 138 cm³/mol. The first-order chi connectivity index (χ1) is 18.5. The highest BCUT2D eigenvalue weighted by molar-refractivity contribution is 5.90. The second-order valence-electron chi connectivity index (χ2n) is 7.89. The fourth-order valence-corrected chi connectivity index (χ4v) is 2.79. The zero-order valence-corrected chi connectivity index (χ0v) is 21.0. The van der Waals surface area contributed by atoms with Crippen LogP contribution in [0.25, 0.3) is 22.9 Å². The first-order valence-electron chi connectivity index (χ1n) is 11.1. The van der Waals surface area contributed by atoms with Gasteiger partial charge in [0.1, 0.15) is 23.0 Å². The third kappa shape index (κ3) is 7.46. The number of benzene rings is 2. The van der Waals surface area contributed by atoms with Crippen LogP contribution >= 0.6 is 0 Å². The molecule has 2 aromatic carbocycles. The van der Waals surface area contributed by atoms with Crippen molar-refractivity contribution in [2.24, 2.45) is 0 Å². The van der Waals surface area contributed by atoms with E-state index in [0.717, 1.165) is 12.2 Å². The van der Waals surface area contributed by atoms with Gasteiger partial charge in [-0.15, -0.1) is 10.2 Å². The van der Waals surface area contributed by atoms with Crippen LogP contribution in [0.3, 0.4) is 0 Å².